The SMILES string of the molecule is CC(=O)N1CCC2CNCC2CC1.Cl. The topological polar surface area (TPSA) is 32.3 Å². The first kappa shape index (κ1) is 11.8. The molecule has 2 aliphatic rings. The summed E-state index contributed by atoms with van der Waals surface area (Å²) >= 11 is 0. The van der Waals surface area contributed by atoms with Crippen molar-refractivity contribution in [1.82, 2.24) is 10.2 Å². The van der Waals surface area contributed by atoms with E-state index >= 15 is 0 Å². The van der Waals surface area contributed by atoms with E-state index in [1.165, 1.54) is 12.8 Å². The number of carbonyl (C=O) groups excluding carboxylic acids is 1. The van der Waals surface area contributed by atoms with Crippen molar-refractivity contribution >= 4 is 18.3 Å². The molecule has 0 aromatic rings. The lowest BCUT2D eigenvalue weighted by atomic mass is 9.92. The first-order chi connectivity index (χ1) is 6.27. The predicted octanol–water partition coefficient (Wildman–Crippen LogP) is 0.886. The van der Waals surface area contributed by atoms with E-state index in [1.54, 1.807) is 6.92 Å². The number of hydrogen-bond acceptors (Lipinski definition) is 2. The van der Waals surface area contributed by atoms with Gasteiger partial charge in [0.1, 0.15) is 0 Å². The maximum Gasteiger partial charge on any atom is 0.219 e. The van der Waals surface area contributed by atoms with E-state index < -0.39 is 0 Å². The van der Waals surface area contributed by atoms with Gasteiger partial charge in [-0.3, -0.25) is 4.79 Å². The molecule has 2 rings (SSSR count). The number of halogens is 1. The van der Waals surface area contributed by atoms with Crippen LogP contribution >= 0.6 is 12.4 Å². The van der Waals surface area contributed by atoms with Crippen LogP contribution in [0.3, 0.4) is 0 Å². The molecular weight excluding hydrogens is 200 g/mol. The van der Waals surface area contributed by atoms with E-state index in [9.17, 15) is 4.79 Å². The molecular formula is C10H19ClN2O. The third-order valence-corrected chi connectivity index (χ3v) is 3.46. The lowest BCUT2D eigenvalue weighted by Crippen LogP contribution is -2.30. The highest BCUT2D eigenvalue weighted by Gasteiger charge is 2.30. The Balaban J connectivity index is 0.000000980. The van der Waals surface area contributed by atoms with Crippen LogP contribution in [0.25, 0.3) is 0 Å². The maximum absolute atomic E-state index is 11.2. The lowest BCUT2D eigenvalue weighted by Gasteiger charge is -2.18. The Labute approximate surface area is 91.6 Å². The van der Waals surface area contributed by atoms with Gasteiger partial charge in [0.05, 0.1) is 0 Å². The summed E-state index contributed by atoms with van der Waals surface area (Å²) in [7, 11) is 0. The fourth-order valence-corrected chi connectivity index (χ4v) is 2.53. The number of fused-ring (bicyclic) bond motifs is 1. The van der Waals surface area contributed by atoms with Crippen LogP contribution in [-0.4, -0.2) is 37.0 Å². The molecule has 2 fully saturated rings. The minimum atomic E-state index is 0. The minimum Gasteiger partial charge on any atom is -0.343 e. The highest BCUT2D eigenvalue weighted by atomic mass is 35.5. The third-order valence-electron chi connectivity index (χ3n) is 3.46. The number of rotatable bonds is 0. The summed E-state index contributed by atoms with van der Waals surface area (Å²) in [5, 5.41) is 3.43. The van der Waals surface area contributed by atoms with Gasteiger partial charge in [-0.2, -0.15) is 0 Å². The number of hydrogen-bond donors (Lipinski definition) is 1. The monoisotopic (exact) mass is 218 g/mol. The van der Waals surface area contributed by atoms with E-state index in [0.717, 1.165) is 38.0 Å². The Bertz CT molecular complexity index is 196. The van der Waals surface area contributed by atoms with Crippen molar-refractivity contribution in [2.75, 3.05) is 26.2 Å². The molecule has 2 atom stereocenters. The molecule has 1 N–H and O–H groups in total. The van der Waals surface area contributed by atoms with Crippen molar-refractivity contribution < 1.29 is 4.79 Å². The van der Waals surface area contributed by atoms with Gasteiger partial charge in [0.2, 0.25) is 5.91 Å². The fourth-order valence-electron chi connectivity index (χ4n) is 2.53. The summed E-state index contributed by atoms with van der Waals surface area (Å²) in [5.74, 6) is 1.89. The second kappa shape index (κ2) is 4.99. The minimum absolute atomic E-state index is 0. The van der Waals surface area contributed by atoms with Gasteiger partial charge in [0.15, 0.2) is 0 Å². The van der Waals surface area contributed by atoms with E-state index in [4.69, 9.17) is 0 Å². The third kappa shape index (κ3) is 2.39. The highest BCUT2D eigenvalue weighted by Crippen LogP contribution is 2.26. The number of nitrogens with zero attached hydrogens (tertiary/aromatic N) is 1. The van der Waals surface area contributed by atoms with Gasteiger partial charge < -0.3 is 10.2 Å². The van der Waals surface area contributed by atoms with Crippen molar-refractivity contribution in [2.24, 2.45) is 11.8 Å². The largest absolute Gasteiger partial charge is 0.343 e. The molecule has 2 saturated heterocycles. The molecule has 0 saturated carbocycles. The Morgan fingerprint density at radius 2 is 1.71 bits per heavy atom. The summed E-state index contributed by atoms with van der Waals surface area (Å²) in [6.07, 6.45) is 2.38. The van der Waals surface area contributed by atoms with Gasteiger partial charge in [-0.05, 0) is 37.8 Å². The zero-order chi connectivity index (χ0) is 9.26. The summed E-state index contributed by atoms with van der Waals surface area (Å²) < 4.78 is 0. The molecule has 82 valence electrons. The highest BCUT2D eigenvalue weighted by molar-refractivity contribution is 5.85. The Kier molecular flexibility index (Phi) is 4.20. The van der Waals surface area contributed by atoms with Gasteiger partial charge >= 0.3 is 0 Å². The quantitative estimate of drug-likeness (QED) is 0.655. The van der Waals surface area contributed by atoms with Gasteiger partial charge in [0, 0.05) is 20.0 Å². The molecule has 0 bridgehead atoms. The maximum atomic E-state index is 11.2. The van der Waals surface area contributed by atoms with Crippen LogP contribution in [0.2, 0.25) is 0 Å². The number of amides is 1. The van der Waals surface area contributed by atoms with Crippen molar-refractivity contribution in [3.05, 3.63) is 0 Å². The van der Waals surface area contributed by atoms with Gasteiger partial charge in [-0.1, -0.05) is 0 Å². The van der Waals surface area contributed by atoms with Crippen molar-refractivity contribution in [3.63, 3.8) is 0 Å². The zero-order valence-corrected chi connectivity index (χ0v) is 9.48. The number of likely N-dealkylation sites (tertiary alicyclic amines) is 1. The molecule has 2 unspecified atom stereocenters. The van der Waals surface area contributed by atoms with Gasteiger partial charge in [-0.25, -0.2) is 0 Å². The first-order valence-corrected chi connectivity index (χ1v) is 5.23. The van der Waals surface area contributed by atoms with Crippen molar-refractivity contribution in [1.29, 1.82) is 0 Å². The summed E-state index contributed by atoms with van der Waals surface area (Å²) in [6, 6.07) is 0. The Morgan fingerprint density at radius 1 is 1.21 bits per heavy atom. The van der Waals surface area contributed by atoms with Crippen molar-refractivity contribution in [2.45, 2.75) is 19.8 Å². The van der Waals surface area contributed by atoms with Crippen LogP contribution in [0.15, 0.2) is 0 Å². The molecule has 0 spiro atoms. The molecule has 0 aromatic carbocycles. The average molecular weight is 219 g/mol. The van der Waals surface area contributed by atoms with Gasteiger partial charge in [-0.15, -0.1) is 12.4 Å². The molecule has 14 heavy (non-hydrogen) atoms. The van der Waals surface area contributed by atoms with Gasteiger partial charge in [0.25, 0.3) is 0 Å². The van der Waals surface area contributed by atoms with Crippen LogP contribution < -0.4 is 5.32 Å². The summed E-state index contributed by atoms with van der Waals surface area (Å²) in [4.78, 5) is 13.2. The molecule has 0 aromatic heterocycles. The van der Waals surface area contributed by atoms with E-state index in [0.29, 0.717) is 0 Å². The molecule has 3 nitrogen and oxygen atoms in total. The van der Waals surface area contributed by atoms with Crippen LogP contribution in [0.4, 0.5) is 0 Å². The molecule has 0 radical (unpaired) electrons. The Hall–Kier alpha value is -0.280. The predicted molar refractivity (Wildman–Crippen MR) is 58.6 cm³/mol. The smallest absolute Gasteiger partial charge is 0.219 e. The average Bonchev–Trinajstić information content (AvgIpc) is 2.44. The van der Waals surface area contributed by atoms with Crippen LogP contribution in [-0.2, 0) is 4.79 Å². The normalized spacial score (nSPS) is 31.6. The molecule has 2 aliphatic heterocycles. The van der Waals surface area contributed by atoms with Crippen molar-refractivity contribution in [3.8, 4) is 0 Å². The first-order valence-electron chi connectivity index (χ1n) is 5.23. The van der Waals surface area contributed by atoms with E-state index in [1.807, 2.05) is 4.90 Å². The van der Waals surface area contributed by atoms with Crippen LogP contribution in [0.5, 0.6) is 0 Å². The second-order valence-corrected chi connectivity index (χ2v) is 4.26. The number of nitrogens with one attached hydrogen (secondary N) is 1. The fraction of sp³-hybridized carbons (Fsp3) is 0.900. The van der Waals surface area contributed by atoms with Crippen LogP contribution in [0.1, 0.15) is 19.8 Å². The van der Waals surface area contributed by atoms with Crippen LogP contribution in [0, 0.1) is 11.8 Å². The molecule has 4 heteroatoms. The summed E-state index contributed by atoms with van der Waals surface area (Å²) in [6.45, 7) is 5.95. The zero-order valence-electron chi connectivity index (χ0n) is 8.66. The lowest BCUT2D eigenvalue weighted by molar-refractivity contribution is -0.128. The second-order valence-electron chi connectivity index (χ2n) is 4.26. The summed E-state index contributed by atoms with van der Waals surface area (Å²) in [5.41, 5.74) is 0. The number of carbonyl (C=O) groups is 1. The van der Waals surface area contributed by atoms with E-state index in [-0.39, 0.29) is 18.3 Å². The standard InChI is InChI=1S/C10H18N2O.ClH/c1-8(13)12-4-2-9-6-11-7-10(9)3-5-12;/h9-11H,2-7H2,1H3;1H. The molecule has 2 heterocycles. The Morgan fingerprint density at radius 3 is 2.14 bits per heavy atom. The molecule has 1 amide bonds. The van der Waals surface area contributed by atoms with E-state index in [2.05, 4.69) is 5.32 Å². The molecule has 0 aliphatic carbocycles.